The first-order chi connectivity index (χ1) is 7.51. The van der Waals surface area contributed by atoms with Crippen LogP contribution in [-0.2, 0) is 6.42 Å². The van der Waals surface area contributed by atoms with Gasteiger partial charge in [0.25, 0.3) is 0 Å². The maximum Gasteiger partial charge on any atom is 0.0780 e. The van der Waals surface area contributed by atoms with Crippen LogP contribution in [-0.4, -0.2) is 32.2 Å². The predicted octanol–water partition coefficient (Wildman–Crippen LogP) is 0.363. The Labute approximate surface area is 123 Å². The lowest BCUT2D eigenvalue weighted by Gasteiger charge is -2.23. The summed E-state index contributed by atoms with van der Waals surface area (Å²) < 4.78 is 1.06. The highest BCUT2D eigenvalue weighted by atomic mass is 127. The Balaban J connectivity index is 0.00000256. The summed E-state index contributed by atoms with van der Waals surface area (Å²) in [6, 6.07) is 8.70. The maximum atomic E-state index is 3.76. The summed E-state index contributed by atoms with van der Waals surface area (Å²) in [5.74, 6) is 0. The van der Waals surface area contributed by atoms with Gasteiger partial charge in [-0.1, -0.05) is 36.9 Å². The molecule has 1 aromatic rings. The van der Waals surface area contributed by atoms with Crippen molar-refractivity contribution in [2.75, 3.05) is 27.7 Å². The fourth-order valence-corrected chi connectivity index (χ4v) is 1.74. The molecule has 1 rings (SSSR count). The first kappa shape index (κ1) is 16.6. The summed E-state index contributed by atoms with van der Waals surface area (Å²) in [5, 5.41) is 0. The number of rotatable bonds is 6. The Morgan fingerprint density at radius 3 is 2.12 bits per heavy atom. The molecule has 1 nitrogen and oxygen atoms in total. The van der Waals surface area contributed by atoms with E-state index < -0.39 is 0 Å². The highest BCUT2D eigenvalue weighted by molar-refractivity contribution is 5.47. The minimum Gasteiger partial charge on any atom is -1.00 e. The van der Waals surface area contributed by atoms with Gasteiger partial charge in [0.05, 0.1) is 27.7 Å². The van der Waals surface area contributed by atoms with E-state index in [1.54, 1.807) is 0 Å². The van der Waals surface area contributed by atoms with Crippen LogP contribution in [0.5, 0.6) is 0 Å². The zero-order valence-corrected chi connectivity index (χ0v) is 13.4. The molecule has 0 bridgehead atoms. The monoisotopic (exact) mass is 345 g/mol. The van der Waals surface area contributed by atoms with E-state index >= 15 is 0 Å². The van der Waals surface area contributed by atoms with E-state index in [0.29, 0.717) is 0 Å². The van der Waals surface area contributed by atoms with E-state index in [-0.39, 0.29) is 24.0 Å². The van der Waals surface area contributed by atoms with Crippen molar-refractivity contribution in [1.82, 2.24) is 0 Å². The Morgan fingerprint density at radius 1 is 1.06 bits per heavy atom. The number of halogens is 1. The van der Waals surface area contributed by atoms with Gasteiger partial charge in [0.1, 0.15) is 0 Å². The fourth-order valence-electron chi connectivity index (χ4n) is 1.74. The van der Waals surface area contributed by atoms with Crippen LogP contribution in [0.3, 0.4) is 0 Å². The van der Waals surface area contributed by atoms with Gasteiger partial charge in [0.2, 0.25) is 0 Å². The number of benzene rings is 1. The second-order valence-corrected chi connectivity index (χ2v) is 5.42. The molecule has 1 aromatic carbocycles. The van der Waals surface area contributed by atoms with Crippen LogP contribution in [0.25, 0.3) is 6.08 Å². The van der Waals surface area contributed by atoms with Gasteiger partial charge in [-0.15, -0.1) is 0 Å². The molecule has 0 aliphatic heterocycles. The molecule has 0 N–H and O–H groups in total. The van der Waals surface area contributed by atoms with Crippen LogP contribution in [0.4, 0.5) is 0 Å². The van der Waals surface area contributed by atoms with Gasteiger partial charge in [-0.2, -0.15) is 0 Å². The molecule has 0 aliphatic carbocycles. The lowest BCUT2D eigenvalue weighted by atomic mass is 10.1. The Hall–Kier alpha value is -0.350. The van der Waals surface area contributed by atoms with Crippen LogP contribution in [0.2, 0.25) is 0 Å². The van der Waals surface area contributed by atoms with Crippen molar-refractivity contribution >= 4 is 6.08 Å². The fraction of sp³-hybridized carbons (Fsp3) is 0.467. The van der Waals surface area contributed by atoms with E-state index in [1.807, 2.05) is 6.08 Å². The molecule has 17 heavy (non-hydrogen) atoms. The molecule has 96 valence electrons. The molecule has 0 heterocycles. The third-order valence-electron chi connectivity index (χ3n) is 2.76. The number of hydrogen-bond donors (Lipinski definition) is 0. The summed E-state index contributed by atoms with van der Waals surface area (Å²) in [7, 11) is 6.75. The molecular formula is C15H24IN. The SMILES string of the molecule is C=Cc1ccc(CCCC[N+](C)(C)C)cc1.[I-]. The molecule has 0 saturated heterocycles. The number of quaternary nitrogens is 1. The highest BCUT2D eigenvalue weighted by Crippen LogP contribution is 2.09. The molecule has 0 amide bonds. The summed E-state index contributed by atoms with van der Waals surface area (Å²) in [6.45, 7) is 5.02. The van der Waals surface area contributed by atoms with E-state index in [1.165, 1.54) is 36.9 Å². The minimum atomic E-state index is 0. The minimum absolute atomic E-state index is 0. The van der Waals surface area contributed by atoms with Crippen LogP contribution >= 0.6 is 0 Å². The van der Waals surface area contributed by atoms with Gasteiger partial charge in [0.15, 0.2) is 0 Å². The molecule has 0 unspecified atom stereocenters. The van der Waals surface area contributed by atoms with E-state index in [4.69, 9.17) is 0 Å². The van der Waals surface area contributed by atoms with Gasteiger partial charge >= 0.3 is 0 Å². The average molecular weight is 345 g/mol. The van der Waals surface area contributed by atoms with Crippen LogP contribution in [0, 0.1) is 0 Å². The van der Waals surface area contributed by atoms with Gasteiger partial charge in [-0.05, 0) is 30.4 Å². The molecule has 0 atom stereocenters. The van der Waals surface area contributed by atoms with E-state index in [0.717, 1.165) is 4.48 Å². The quantitative estimate of drug-likeness (QED) is 0.397. The van der Waals surface area contributed by atoms with Crippen LogP contribution < -0.4 is 24.0 Å². The highest BCUT2D eigenvalue weighted by Gasteiger charge is 2.05. The normalized spacial score (nSPS) is 10.8. The lowest BCUT2D eigenvalue weighted by Crippen LogP contribution is -3.00. The topological polar surface area (TPSA) is 0 Å². The number of nitrogens with zero attached hydrogens (tertiary/aromatic N) is 1. The zero-order chi connectivity index (χ0) is 12.0. The molecule has 0 spiro atoms. The summed E-state index contributed by atoms with van der Waals surface area (Å²) in [4.78, 5) is 0. The van der Waals surface area contributed by atoms with Gasteiger partial charge in [-0.25, -0.2) is 0 Å². The van der Waals surface area contributed by atoms with Crippen molar-refractivity contribution in [3.05, 3.63) is 42.0 Å². The molecule has 2 heteroatoms. The van der Waals surface area contributed by atoms with Crippen molar-refractivity contribution in [3.63, 3.8) is 0 Å². The molecule has 0 aliphatic rings. The summed E-state index contributed by atoms with van der Waals surface area (Å²) in [6.07, 6.45) is 5.66. The van der Waals surface area contributed by atoms with Crippen molar-refractivity contribution in [2.45, 2.75) is 19.3 Å². The Kier molecular flexibility index (Phi) is 7.71. The molecular weight excluding hydrogens is 321 g/mol. The third kappa shape index (κ3) is 7.55. The lowest BCUT2D eigenvalue weighted by molar-refractivity contribution is -0.870. The average Bonchev–Trinajstić information content (AvgIpc) is 2.24. The van der Waals surface area contributed by atoms with Crippen molar-refractivity contribution in [2.24, 2.45) is 0 Å². The summed E-state index contributed by atoms with van der Waals surface area (Å²) in [5.41, 5.74) is 2.64. The zero-order valence-electron chi connectivity index (χ0n) is 11.2. The van der Waals surface area contributed by atoms with E-state index in [9.17, 15) is 0 Å². The van der Waals surface area contributed by atoms with Gasteiger partial charge in [0, 0.05) is 0 Å². The van der Waals surface area contributed by atoms with Crippen molar-refractivity contribution < 1.29 is 28.5 Å². The molecule has 0 saturated carbocycles. The van der Waals surface area contributed by atoms with Crippen molar-refractivity contribution in [3.8, 4) is 0 Å². The van der Waals surface area contributed by atoms with Gasteiger partial charge < -0.3 is 28.5 Å². The molecule has 0 radical (unpaired) electrons. The van der Waals surface area contributed by atoms with Gasteiger partial charge in [-0.3, -0.25) is 0 Å². The second kappa shape index (κ2) is 7.88. The third-order valence-corrected chi connectivity index (χ3v) is 2.76. The number of aryl methyl sites for hydroxylation is 1. The standard InChI is InChI=1S/C15H24N.HI/c1-5-14-9-11-15(12-10-14)8-6-7-13-16(2,3)4;/h5,9-12H,1,6-8,13H2,2-4H3;1H/q+1;/p-1. The number of hydrogen-bond acceptors (Lipinski definition) is 0. The maximum absolute atomic E-state index is 3.76. The second-order valence-electron chi connectivity index (χ2n) is 5.42. The largest absolute Gasteiger partial charge is 1.00 e. The smallest absolute Gasteiger partial charge is 0.0780 e. The molecule has 0 aromatic heterocycles. The molecule has 0 fully saturated rings. The first-order valence-corrected chi connectivity index (χ1v) is 6.03. The Bertz CT molecular complexity index is 322. The van der Waals surface area contributed by atoms with Crippen LogP contribution in [0.15, 0.2) is 30.8 Å². The first-order valence-electron chi connectivity index (χ1n) is 6.03. The number of unbranched alkanes of at least 4 members (excludes halogenated alkanes) is 1. The van der Waals surface area contributed by atoms with Crippen molar-refractivity contribution in [1.29, 1.82) is 0 Å². The predicted molar refractivity (Wildman–Crippen MR) is 72.4 cm³/mol. The Morgan fingerprint density at radius 2 is 1.65 bits per heavy atom. The van der Waals surface area contributed by atoms with Crippen LogP contribution in [0.1, 0.15) is 24.0 Å². The summed E-state index contributed by atoms with van der Waals surface area (Å²) >= 11 is 0. The van der Waals surface area contributed by atoms with E-state index in [2.05, 4.69) is 52.0 Å².